The van der Waals surface area contributed by atoms with Crippen LogP contribution < -0.4 is 10.1 Å². The Bertz CT molecular complexity index is 1780. The maximum Gasteiger partial charge on any atom is 0.433 e. The van der Waals surface area contributed by atoms with E-state index in [1.54, 1.807) is 19.3 Å². The van der Waals surface area contributed by atoms with Crippen molar-refractivity contribution in [3.63, 3.8) is 0 Å². The molecule has 39 heavy (non-hydrogen) atoms. The summed E-state index contributed by atoms with van der Waals surface area (Å²) in [5.41, 5.74) is 0.597. The van der Waals surface area contributed by atoms with E-state index in [0.717, 1.165) is 16.1 Å². The van der Waals surface area contributed by atoms with E-state index < -0.39 is 11.9 Å². The van der Waals surface area contributed by atoms with Crippen molar-refractivity contribution in [2.75, 3.05) is 18.5 Å². The summed E-state index contributed by atoms with van der Waals surface area (Å²) >= 11 is 0. The van der Waals surface area contributed by atoms with Crippen molar-refractivity contribution < 1.29 is 22.6 Å². The lowest BCUT2D eigenvalue weighted by Crippen LogP contribution is -2.53. The van der Waals surface area contributed by atoms with Crippen LogP contribution >= 0.6 is 0 Å². The number of hydrogen-bond donors (Lipinski definition) is 2. The van der Waals surface area contributed by atoms with Crippen LogP contribution in [0.1, 0.15) is 30.1 Å². The number of aromatic nitrogens is 7. The Labute approximate surface area is 218 Å². The van der Waals surface area contributed by atoms with Gasteiger partial charge < -0.3 is 24.3 Å². The summed E-state index contributed by atoms with van der Waals surface area (Å²) in [6.07, 6.45) is 1.27. The second-order valence-corrected chi connectivity index (χ2v) is 10.0. The Kier molecular flexibility index (Phi) is 4.92. The summed E-state index contributed by atoms with van der Waals surface area (Å²) in [6.45, 7) is 1.16. The second-order valence-electron chi connectivity index (χ2n) is 10.0. The number of nitriles is 1. The quantitative estimate of drug-likeness (QED) is 0.328. The molecular formula is C25H20F3N9O2. The van der Waals surface area contributed by atoms with Crippen molar-refractivity contribution in [3.8, 4) is 17.6 Å². The molecule has 2 N–H and O–H groups in total. The molecular weight excluding hydrogens is 515 g/mol. The molecule has 7 rings (SSSR count). The fourth-order valence-electron chi connectivity index (χ4n) is 5.35. The van der Waals surface area contributed by atoms with E-state index in [4.69, 9.17) is 9.47 Å². The van der Waals surface area contributed by atoms with Crippen LogP contribution in [0.25, 0.3) is 22.2 Å². The summed E-state index contributed by atoms with van der Waals surface area (Å²) in [6, 6.07) is 6.37. The average molecular weight is 535 g/mol. The molecule has 0 bridgehead atoms. The highest BCUT2D eigenvalue weighted by atomic mass is 19.4. The van der Waals surface area contributed by atoms with Gasteiger partial charge in [0.05, 0.1) is 31.6 Å². The molecule has 1 saturated heterocycles. The SMILES string of the molecule is Cn1c(Nc2cc(C(F)(F)F)n(C3CC4(COC4)C3)n2)nc2ncc(Oc3cnc4[nH]ccc4c3)c(C#N)c21. The third-order valence-corrected chi connectivity index (χ3v) is 7.34. The van der Waals surface area contributed by atoms with Crippen molar-refractivity contribution in [3.05, 3.63) is 48.0 Å². The molecule has 5 aromatic rings. The van der Waals surface area contributed by atoms with Crippen molar-refractivity contribution in [2.24, 2.45) is 12.5 Å². The summed E-state index contributed by atoms with van der Waals surface area (Å²) in [7, 11) is 1.63. The van der Waals surface area contributed by atoms with E-state index in [0.29, 0.717) is 43.0 Å². The minimum absolute atomic E-state index is 0.00704. The number of aryl methyl sites for hydroxylation is 1. The number of fused-ring (bicyclic) bond motifs is 2. The Hall–Kier alpha value is -4.64. The van der Waals surface area contributed by atoms with Crippen LogP contribution in [0.2, 0.25) is 0 Å². The zero-order chi connectivity index (χ0) is 26.9. The molecule has 5 aromatic heterocycles. The maximum absolute atomic E-state index is 13.8. The molecule has 0 unspecified atom stereocenters. The van der Waals surface area contributed by atoms with Gasteiger partial charge in [0, 0.05) is 30.1 Å². The minimum Gasteiger partial charge on any atom is -0.453 e. The Morgan fingerprint density at radius 1 is 1.23 bits per heavy atom. The van der Waals surface area contributed by atoms with Gasteiger partial charge in [-0.3, -0.25) is 4.68 Å². The number of anilines is 2. The molecule has 0 amide bonds. The molecule has 0 aromatic carbocycles. The van der Waals surface area contributed by atoms with Gasteiger partial charge in [-0.1, -0.05) is 0 Å². The van der Waals surface area contributed by atoms with E-state index in [1.165, 1.54) is 17.0 Å². The second kappa shape index (κ2) is 8.18. The monoisotopic (exact) mass is 535 g/mol. The zero-order valence-electron chi connectivity index (χ0n) is 20.5. The first-order valence-electron chi connectivity index (χ1n) is 12.1. The van der Waals surface area contributed by atoms with Gasteiger partial charge in [0.15, 0.2) is 17.2 Å². The van der Waals surface area contributed by atoms with Gasteiger partial charge in [0.1, 0.15) is 34.2 Å². The number of aromatic amines is 1. The zero-order valence-corrected chi connectivity index (χ0v) is 20.5. The summed E-state index contributed by atoms with van der Waals surface area (Å²) in [5, 5.41) is 17.9. The summed E-state index contributed by atoms with van der Waals surface area (Å²) < 4.78 is 55.3. The van der Waals surface area contributed by atoms with Gasteiger partial charge in [0.2, 0.25) is 5.95 Å². The molecule has 2 fully saturated rings. The molecule has 14 heteroatoms. The van der Waals surface area contributed by atoms with Crippen LogP contribution in [-0.2, 0) is 18.0 Å². The normalized spacial score (nSPS) is 16.8. The Balaban J connectivity index is 1.21. The molecule has 0 radical (unpaired) electrons. The molecule has 1 saturated carbocycles. The van der Waals surface area contributed by atoms with E-state index in [1.807, 2.05) is 6.07 Å². The number of pyridine rings is 2. The van der Waals surface area contributed by atoms with Gasteiger partial charge in [-0.2, -0.15) is 28.5 Å². The number of alkyl halides is 3. The van der Waals surface area contributed by atoms with Crippen molar-refractivity contribution in [1.29, 1.82) is 5.26 Å². The van der Waals surface area contributed by atoms with E-state index >= 15 is 0 Å². The first-order chi connectivity index (χ1) is 18.7. The van der Waals surface area contributed by atoms with Crippen molar-refractivity contribution in [2.45, 2.75) is 25.1 Å². The minimum atomic E-state index is -4.57. The number of rotatable bonds is 5. The fourth-order valence-corrected chi connectivity index (χ4v) is 5.35. The standard InChI is InChI=1S/C25H20F3N9O2/c1-36-20-16(8-29)17(39-15-4-13-2-3-30-21(13)31-9-15)10-32-22(20)34-23(36)33-19-5-18(25(26,27)28)37(35-19)14-6-24(7-14)11-38-12-24/h2-5,9-10,14H,6-7,11-12H2,1H3,(H,30,31)(H,32,33,34,35). The highest BCUT2D eigenvalue weighted by Crippen LogP contribution is 2.54. The predicted octanol–water partition coefficient (Wildman–Crippen LogP) is 4.82. The van der Waals surface area contributed by atoms with E-state index in [9.17, 15) is 18.4 Å². The smallest absolute Gasteiger partial charge is 0.433 e. The van der Waals surface area contributed by atoms with Gasteiger partial charge in [-0.25, -0.2) is 9.97 Å². The average Bonchev–Trinajstić information content (AvgIpc) is 3.55. The van der Waals surface area contributed by atoms with Gasteiger partial charge in [0.25, 0.3) is 0 Å². The molecule has 198 valence electrons. The van der Waals surface area contributed by atoms with Crippen molar-refractivity contribution >= 4 is 34.0 Å². The lowest BCUT2D eigenvalue weighted by molar-refractivity contribution is -0.182. The molecule has 11 nitrogen and oxygen atoms in total. The van der Waals surface area contributed by atoms with Crippen LogP contribution in [0.4, 0.5) is 24.9 Å². The predicted molar refractivity (Wildman–Crippen MR) is 131 cm³/mol. The third-order valence-electron chi connectivity index (χ3n) is 7.34. The highest BCUT2D eigenvalue weighted by molar-refractivity contribution is 5.84. The Morgan fingerprint density at radius 2 is 2.05 bits per heavy atom. The largest absolute Gasteiger partial charge is 0.453 e. The van der Waals surface area contributed by atoms with Gasteiger partial charge >= 0.3 is 6.18 Å². The number of H-pyrrole nitrogens is 1. The topological polar surface area (TPSA) is 131 Å². The molecule has 1 spiro atoms. The van der Waals surface area contributed by atoms with Crippen LogP contribution in [0.15, 0.2) is 36.8 Å². The Morgan fingerprint density at radius 3 is 2.77 bits per heavy atom. The number of hydrogen-bond acceptors (Lipinski definition) is 8. The lowest BCUT2D eigenvalue weighted by atomic mass is 9.64. The van der Waals surface area contributed by atoms with Crippen LogP contribution in [-0.4, -0.2) is 47.5 Å². The van der Waals surface area contributed by atoms with Gasteiger partial charge in [-0.05, 0) is 25.0 Å². The number of nitrogens with zero attached hydrogens (tertiary/aromatic N) is 7. The summed E-state index contributed by atoms with van der Waals surface area (Å²) in [4.78, 5) is 16.0. The van der Waals surface area contributed by atoms with E-state index in [-0.39, 0.29) is 40.2 Å². The highest BCUT2D eigenvalue weighted by Gasteiger charge is 2.52. The fraction of sp³-hybridized carbons (Fsp3) is 0.320. The first-order valence-corrected chi connectivity index (χ1v) is 12.1. The van der Waals surface area contributed by atoms with Gasteiger partial charge in [-0.15, -0.1) is 0 Å². The van der Waals surface area contributed by atoms with E-state index in [2.05, 4.69) is 36.4 Å². The number of halogens is 3. The first kappa shape index (κ1) is 23.5. The molecule has 6 heterocycles. The van der Waals surface area contributed by atoms with Crippen LogP contribution in [0.5, 0.6) is 11.5 Å². The summed E-state index contributed by atoms with van der Waals surface area (Å²) in [5.74, 6) is 0.778. The molecule has 1 aliphatic carbocycles. The van der Waals surface area contributed by atoms with Crippen LogP contribution in [0, 0.1) is 16.7 Å². The maximum atomic E-state index is 13.8. The van der Waals surface area contributed by atoms with Crippen LogP contribution in [0.3, 0.4) is 0 Å². The molecule has 1 aliphatic heterocycles. The lowest BCUT2D eigenvalue weighted by Gasteiger charge is -2.53. The number of imidazole rings is 1. The van der Waals surface area contributed by atoms with Crippen molar-refractivity contribution in [1.82, 2.24) is 34.3 Å². The third kappa shape index (κ3) is 3.76. The molecule has 2 aliphatic rings. The number of nitrogens with one attached hydrogen (secondary N) is 2. The molecule has 0 atom stereocenters. The number of ether oxygens (including phenoxy) is 2.